The Morgan fingerprint density at radius 1 is 1.33 bits per heavy atom. The fraction of sp³-hybridized carbons (Fsp3) is 0.688. The molecule has 0 amide bonds. The first kappa shape index (κ1) is 16.3. The first-order valence-corrected chi connectivity index (χ1v) is 8.85. The van der Waals surface area contributed by atoms with Gasteiger partial charge < -0.3 is 16.0 Å². The van der Waals surface area contributed by atoms with Crippen molar-refractivity contribution in [3.8, 4) is 0 Å². The second-order valence-corrected chi connectivity index (χ2v) is 6.61. The van der Waals surface area contributed by atoms with Gasteiger partial charge in [-0.1, -0.05) is 20.8 Å². The number of nitrogens with zero attached hydrogens (tertiary/aromatic N) is 1. The van der Waals surface area contributed by atoms with Crippen molar-refractivity contribution in [3.63, 3.8) is 0 Å². The van der Waals surface area contributed by atoms with Gasteiger partial charge in [0.1, 0.15) is 0 Å². The van der Waals surface area contributed by atoms with Crippen LogP contribution in [0.25, 0.3) is 0 Å². The normalized spacial score (nSPS) is 14.7. The molecule has 3 N–H and O–H groups in total. The van der Waals surface area contributed by atoms with E-state index in [0.717, 1.165) is 41.7 Å². The van der Waals surface area contributed by atoms with E-state index >= 15 is 0 Å². The Morgan fingerprint density at radius 2 is 2.00 bits per heavy atom. The molecule has 0 unspecified atom stereocenters. The lowest BCUT2D eigenvalue weighted by Crippen LogP contribution is -2.28. The van der Waals surface area contributed by atoms with Crippen molar-refractivity contribution < 1.29 is 4.79 Å². The molecular formula is C16H27N3OS. The van der Waals surface area contributed by atoms with Crippen LogP contribution in [0.15, 0.2) is 0 Å². The maximum atomic E-state index is 12.0. The van der Waals surface area contributed by atoms with E-state index in [2.05, 4.69) is 24.1 Å². The first-order valence-electron chi connectivity index (χ1n) is 8.03. The van der Waals surface area contributed by atoms with Gasteiger partial charge in [-0.25, -0.2) is 0 Å². The van der Waals surface area contributed by atoms with Crippen LogP contribution in [-0.4, -0.2) is 36.9 Å². The number of carbonyl (C=O) groups excluding carboxylic acids is 1. The summed E-state index contributed by atoms with van der Waals surface area (Å²) in [6.07, 6.45) is 2.92. The van der Waals surface area contributed by atoms with E-state index in [-0.39, 0.29) is 5.78 Å². The molecular weight excluding hydrogens is 282 g/mol. The molecule has 1 saturated carbocycles. The van der Waals surface area contributed by atoms with E-state index in [4.69, 9.17) is 5.73 Å². The number of hydrogen-bond acceptors (Lipinski definition) is 5. The average Bonchev–Trinajstić information content (AvgIpc) is 3.27. The maximum absolute atomic E-state index is 12.0. The minimum atomic E-state index is 0.163. The van der Waals surface area contributed by atoms with Crippen LogP contribution in [0.3, 0.4) is 0 Å². The molecule has 0 bridgehead atoms. The fourth-order valence-corrected chi connectivity index (χ4v) is 3.84. The Balaban J connectivity index is 2.09. The molecule has 1 aliphatic carbocycles. The zero-order valence-corrected chi connectivity index (χ0v) is 14.2. The molecule has 4 nitrogen and oxygen atoms in total. The molecule has 5 heteroatoms. The number of nitrogen functional groups attached to an aromatic ring is 1. The molecule has 0 aliphatic heterocycles. The van der Waals surface area contributed by atoms with Crippen LogP contribution in [-0.2, 0) is 0 Å². The van der Waals surface area contributed by atoms with Gasteiger partial charge in [0.25, 0.3) is 0 Å². The van der Waals surface area contributed by atoms with Crippen LogP contribution in [0.2, 0.25) is 0 Å². The summed E-state index contributed by atoms with van der Waals surface area (Å²) in [5.41, 5.74) is 8.19. The lowest BCUT2D eigenvalue weighted by molar-refractivity contribution is 0.0993. The summed E-state index contributed by atoms with van der Waals surface area (Å²) in [6.45, 7) is 10.3. The quantitative estimate of drug-likeness (QED) is 0.685. The van der Waals surface area contributed by atoms with Gasteiger partial charge in [-0.2, -0.15) is 0 Å². The van der Waals surface area contributed by atoms with Crippen LogP contribution in [0.5, 0.6) is 0 Å². The van der Waals surface area contributed by atoms with E-state index in [1.54, 1.807) is 11.3 Å². The van der Waals surface area contributed by atoms with Crippen molar-refractivity contribution in [2.75, 3.05) is 37.2 Å². The number of nitrogens with one attached hydrogen (secondary N) is 1. The number of anilines is 2. The molecule has 1 aliphatic rings. The standard InChI is InChI=1S/C16H27N3OS/c1-4-12(20)15-14(17)13(11-7-8-11)16(21-15)18-9-10-19(5-2)6-3/h11,18H,4-10,17H2,1-3H3. The monoisotopic (exact) mass is 309 g/mol. The summed E-state index contributed by atoms with van der Waals surface area (Å²) in [7, 11) is 0. The number of thiophene rings is 1. The van der Waals surface area contributed by atoms with Crippen molar-refractivity contribution in [1.29, 1.82) is 0 Å². The average molecular weight is 309 g/mol. The fourth-order valence-electron chi connectivity index (χ4n) is 2.60. The predicted molar refractivity (Wildman–Crippen MR) is 91.6 cm³/mol. The number of Topliss-reactive ketones (excluding diaryl/α,β-unsaturated/α-hetero) is 1. The second kappa shape index (κ2) is 7.27. The molecule has 2 rings (SSSR count). The second-order valence-electron chi connectivity index (χ2n) is 5.59. The lowest BCUT2D eigenvalue weighted by Gasteiger charge is -2.18. The van der Waals surface area contributed by atoms with E-state index in [9.17, 15) is 4.79 Å². The summed E-state index contributed by atoms with van der Waals surface area (Å²) < 4.78 is 0. The highest BCUT2D eigenvalue weighted by molar-refractivity contribution is 7.18. The molecule has 0 aromatic carbocycles. The number of nitrogens with two attached hydrogens (primary N) is 1. The molecule has 0 saturated heterocycles. The molecule has 21 heavy (non-hydrogen) atoms. The number of hydrogen-bond donors (Lipinski definition) is 2. The van der Waals surface area contributed by atoms with Gasteiger partial charge in [0.05, 0.1) is 15.6 Å². The zero-order valence-electron chi connectivity index (χ0n) is 13.4. The van der Waals surface area contributed by atoms with Crippen molar-refractivity contribution >= 4 is 27.8 Å². The van der Waals surface area contributed by atoms with Crippen molar-refractivity contribution in [1.82, 2.24) is 4.90 Å². The van der Waals surface area contributed by atoms with Gasteiger partial charge in [-0.05, 0) is 31.8 Å². The summed E-state index contributed by atoms with van der Waals surface area (Å²) in [4.78, 5) is 15.2. The number of carbonyl (C=O) groups is 1. The first-order chi connectivity index (χ1) is 10.1. The van der Waals surface area contributed by atoms with E-state index in [1.807, 2.05) is 6.92 Å². The molecule has 0 radical (unpaired) electrons. The zero-order chi connectivity index (χ0) is 15.4. The number of rotatable bonds is 9. The molecule has 0 spiro atoms. The van der Waals surface area contributed by atoms with E-state index in [1.165, 1.54) is 18.4 Å². The van der Waals surface area contributed by atoms with Gasteiger partial charge in [-0.3, -0.25) is 4.79 Å². The maximum Gasteiger partial charge on any atom is 0.174 e. The van der Waals surface area contributed by atoms with Crippen LogP contribution >= 0.6 is 11.3 Å². The van der Waals surface area contributed by atoms with E-state index in [0.29, 0.717) is 12.3 Å². The predicted octanol–water partition coefficient (Wildman–Crippen LogP) is 3.55. The lowest BCUT2D eigenvalue weighted by atomic mass is 10.1. The highest BCUT2D eigenvalue weighted by atomic mass is 32.1. The smallest absolute Gasteiger partial charge is 0.174 e. The van der Waals surface area contributed by atoms with Crippen LogP contribution in [0.1, 0.15) is 61.2 Å². The van der Waals surface area contributed by atoms with Gasteiger partial charge in [-0.15, -0.1) is 11.3 Å². The van der Waals surface area contributed by atoms with Crippen LogP contribution in [0, 0.1) is 0 Å². The van der Waals surface area contributed by atoms with Crippen molar-refractivity contribution in [3.05, 3.63) is 10.4 Å². The topological polar surface area (TPSA) is 58.4 Å². The Hall–Kier alpha value is -1.07. The van der Waals surface area contributed by atoms with Crippen LogP contribution < -0.4 is 11.1 Å². The largest absolute Gasteiger partial charge is 0.397 e. The summed E-state index contributed by atoms with van der Waals surface area (Å²) >= 11 is 1.55. The third-order valence-electron chi connectivity index (χ3n) is 4.15. The summed E-state index contributed by atoms with van der Waals surface area (Å²) in [5, 5.41) is 4.64. The highest BCUT2D eigenvalue weighted by Crippen LogP contribution is 2.50. The molecule has 1 aromatic rings. The van der Waals surface area contributed by atoms with E-state index < -0.39 is 0 Å². The highest BCUT2D eigenvalue weighted by Gasteiger charge is 2.32. The number of likely N-dealkylation sites (N-methyl/N-ethyl adjacent to an activating group) is 1. The minimum Gasteiger partial charge on any atom is -0.397 e. The SMILES string of the molecule is CCC(=O)c1sc(NCCN(CC)CC)c(C2CC2)c1N. The van der Waals surface area contributed by atoms with Gasteiger partial charge in [0, 0.05) is 25.1 Å². The minimum absolute atomic E-state index is 0.163. The Morgan fingerprint density at radius 3 is 2.52 bits per heavy atom. The molecule has 1 aromatic heterocycles. The molecule has 0 atom stereocenters. The molecule has 1 fully saturated rings. The van der Waals surface area contributed by atoms with Gasteiger partial charge in [0.15, 0.2) is 5.78 Å². The van der Waals surface area contributed by atoms with Gasteiger partial charge >= 0.3 is 0 Å². The van der Waals surface area contributed by atoms with Crippen molar-refractivity contribution in [2.45, 2.75) is 46.0 Å². The third-order valence-corrected chi connectivity index (χ3v) is 5.37. The Kier molecular flexibility index (Phi) is 5.65. The number of ketones is 1. The van der Waals surface area contributed by atoms with Gasteiger partial charge in [0.2, 0.25) is 0 Å². The van der Waals surface area contributed by atoms with Crippen LogP contribution in [0.4, 0.5) is 10.7 Å². The molecule has 1 heterocycles. The molecule has 118 valence electrons. The summed E-state index contributed by atoms with van der Waals surface area (Å²) in [6, 6.07) is 0. The Labute approximate surface area is 131 Å². The van der Waals surface area contributed by atoms with Crippen molar-refractivity contribution in [2.24, 2.45) is 0 Å². The summed E-state index contributed by atoms with van der Waals surface area (Å²) in [5.74, 6) is 0.729. The Bertz CT molecular complexity index is 490. The third kappa shape index (κ3) is 3.77.